The molecule has 5 nitrogen and oxygen atoms in total. The molecule has 2 heterocycles. The fraction of sp³-hybridized carbons (Fsp3) is 0.308. The summed E-state index contributed by atoms with van der Waals surface area (Å²) in [5.41, 5.74) is 1.32. The van der Waals surface area contributed by atoms with Gasteiger partial charge >= 0.3 is 0 Å². The van der Waals surface area contributed by atoms with Crippen LogP contribution in [0.15, 0.2) is 18.2 Å². The van der Waals surface area contributed by atoms with Gasteiger partial charge in [-0.05, 0) is 18.6 Å². The van der Waals surface area contributed by atoms with Crippen LogP contribution >= 0.6 is 0 Å². The summed E-state index contributed by atoms with van der Waals surface area (Å²) >= 11 is 0. The Hall–Kier alpha value is -2.17. The van der Waals surface area contributed by atoms with Crippen LogP contribution in [-0.2, 0) is 4.79 Å². The van der Waals surface area contributed by atoms with Gasteiger partial charge in [0.1, 0.15) is 0 Å². The predicted molar refractivity (Wildman–Crippen MR) is 64.5 cm³/mol. The Balaban J connectivity index is 2.17. The molecule has 0 aromatic heterocycles. The second kappa shape index (κ2) is 3.66. The van der Waals surface area contributed by atoms with Crippen LogP contribution < -0.4 is 4.90 Å². The molecular weight excluding hydrogens is 232 g/mol. The molecule has 0 N–H and O–H groups in total. The first-order valence-electron chi connectivity index (χ1n) is 5.87. The van der Waals surface area contributed by atoms with Crippen molar-refractivity contribution in [2.75, 3.05) is 18.5 Å². The van der Waals surface area contributed by atoms with Gasteiger partial charge in [-0.2, -0.15) is 0 Å². The third kappa shape index (κ3) is 1.30. The summed E-state index contributed by atoms with van der Waals surface area (Å²) in [6.45, 7) is 0.612. The summed E-state index contributed by atoms with van der Waals surface area (Å²) in [6.07, 6.45) is 1.29. The molecule has 18 heavy (non-hydrogen) atoms. The summed E-state index contributed by atoms with van der Waals surface area (Å²) in [5, 5.41) is 0. The van der Waals surface area contributed by atoms with Crippen LogP contribution in [0.2, 0.25) is 0 Å². The van der Waals surface area contributed by atoms with E-state index in [2.05, 4.69) is 0 Å². The maximum absolute atomic E-state index is 12.1. The number of carbonyl (C=O) groups excluding carboxylic acids is 3. The van der Waals surface area contributed by atoms with Crippen molar-refractivity contribution in [2.24, 2.45) is 0 Å². The van der Waals surface area contributed by atoms with Crippen LogP contribution in [0.4, 0.5) is 5.69 Å². The lowest BCUT2D eigenvalue weighted by Gasteiger charge is -2.18. The topological polar surface area (TPSA) is 57.7 Å². The first kappa shape index (κ1) is 11.0. The fourth-order valence-corrected chi connectivity index (χ4v) is 2.51. The lowest BCUT2D eigenvalue weighted by molar-refractivity contribution is -0.117. The average molecular weight is 244 g/mol. The second-order valence-electron chi connectivity index (χ2n) is 4.52. The Morgan fingerprint density at radius 1 is 1.11 bits per heavy atom. The summed E-state index contributed by atoms with van der Waals surface area (Å²) < 4.78 is 0. The molecule has 2 aliphatic rings. The smallest absolute Gasteiger partial charge is 0.263 e. The Morgan fingerprint density at radius 3 is 2.56 bits per heavy atom. The van der Waals surface area contributed by atoms with E-state index in [0.717, 1.165) is 11.3 Å². The van der Waals surface area contributed by atoms with Crippen LogP contribution in [0.25, 0.3) is 0 Å². The third-order valence-corrected chi connectivity index (χ3v) is 3.46. The molecule has 0 radical (unpaired) electrons. The number of amides is 3. The average Bonchev–Trinajstić information content (AvgIpc) is 2.89. The van der Waals surface area contributed by atoms with E-state index in [9.17, 15) is 14.4 Å². The van der Waals surface area contributed by atoms with Crippen molar-refractivity contribution >= 4 is 23.4 Å². The molecule has 1 saturated heterocycles. The molecular formula is C13H12N2O3. The van der Waals surface area contributed by atoms with Crippen LogP contribution in [0.5, 0.6) is 0 Å². The standard InChI is InChI=1S/C13H12N2O3/c1-14-12(17)8-4-2-5-9(11(8)13(14)18)15-7-3-6-10(15)16/h2,4-5H,3,6-7H2,1H3. The van der Waals surface area contributed by atoms with Crippen molar-refractivity contribution in [1.29, 1.82) is 0 Å². The lowest BCUT2D eigenvalue weighted by Crippen LogP contribution is -2.27. The number of rotatable bonds is 1. The molecule has 1 fully saturated rings. The number of anilines is 1. The Bertz CT molecular complexity index is 580. The Labute approximate surface area is 104 Å². The normalized spacial score (nSPS) is 18.8. The molecule has 3 amide bonds. The van der Waals surface area contributed by atoms with Crippen LogP contribution in [-0.4, -0.2) is 36.2 Å². The van der Waals surface area contributed by atoms with E-state index < -0.39 is 0 Å². The minimum atomic E-state index is -0.328. The number of imide groups is 1. The maximum Gasteiger partial charge on any atom is 0.263 e. The molecule has 92 valence electrons. The molecule has 0 atom stereocenters. The first-order chi connectivity index (χ1) is 8.61. The van der Waals surface area contributed by atoms with Gasteiger partial charge in [-0.25, -0.2) is 0 Å². The van der Waals surface area contributed by atoms with E-state index in [0.29, 0.717) is 29.8 Å². The fourth-order valence-electron chi connectivity index (χ4n) is 2.51. The van der Waals surface area contributed by atoms with E-state index in [-0.39, 0.29) is 17.7 Å². The highest BCUT2D eigenvalue weighted by Gasteiger charge is 2.37. The maximum atomic E-state index is 12.1. The van der Waals surface area contributed by atoms with Gasteiger partial charge in [0.15, 0.2) is 0 Å². The zero-order valence-corrected chi connectivity index (χ0v) is 9.97. The Kier molecular flexibility index (Phi) is 2.23. The van der Waals surface area contributed by atoms with E-state index in [1.54, 1.807) is 23.1 Å². The number of nitrogens with zero attached hydrogens (tertiary/aromatic N) is 2. The van der Waals surface area contributed by atoms with Crippen molar-refractivity contribution in [3.63, 3.8) is 0 Å². The second-order valence-corrected chi connectivity index (χ2v) is 4.52. The van der Waals surface area contributed by atoms with Crippen molar-refractivity contribution < 1.29 is 14.4 Å². The van der Waals surface area contributed by atoms with E-state index in [1.807, 2.05) is 0 Å². The highest BCUT2D eigenvalue weighted by Crippen LogP contribution is 2.32. The van der Waals surface area contributed by atoms with Gasteiger partial charge in [-0.3, -0.25) is 19.3 Å². The quantitative estimate of drug-likeness (QED) is 0.693. The van der Waals surface area contributed by atoms with Crippen LogP contribution in [0, 0.1) is 0 Å². The number of hydrogen-bond donors (Lipinski definition) is 0. The third-order valence-electron chi connectivity index (χ3n) is 3.46. The molecule has 5 heteroatoms. The predicted octanol–water partition coefficient (Wildman–Crippen LogP) is 1.04. The summed E-state index contributed by atoms with van der Waals surface area (Å²) in [7, 11) is 1.46. The minimum Gasteiger partial charge on any atom is -0.312 e. The highest BCUT2D eigenvalue weighted by molar-refractivity contribution is 6.24. The van der Waals surface area contributed by atoms with Crippen molar-refractivity contribution in [3.05, 3.63) is 29.3 Å². The van der Waals surface area contributed by atoms with Crippen molar-refractivity contribution in [2.45, 2.75) is 12.8 Å². The molecule has 0 spiro atoms. The van der Waals surface area contributed by atoms with Crippen LogP contribution in [0.1, 0.15) is 33.6 Å². The monoisotopic (exact) mass is 244 g/mol. The molecule has 3 rings (SSSR count). The minimum absolute atomic E-state index is 0.0122. The van der Waals surface area contributed by atoms with Crippen molar-refractivity contribution in [1.82, 2.24) is 4.90 Å². The van der Waals surface area contributed by atoms with Gasteiger partial charge in [0.05, 0.1) is 16.8 Å². The molecule has 1 aromatic carbocycles. The summed E-state index contributed by atoms with van der Waals surface area (Å²) in [4.78, 5) is 38.4. The van der Waals surface area contributed by atoms with E-state index in [4.69, 9.17) is 0 Å². The number of hydrogen-bond acceptors (Lipinski definition) is 3. The summed E-state index contributed by atoms with van der Waals surface area (Å²) in [5.74, 6) is -0.619. The molecule has 1 aromatic rings. The van der Waals surface area contributed by atoms with Gasteiger partial charge in [-0.15, -0.1) is 0 Å². The number of carbonyl (C=O) groups is 3. The van der Waals surface area contributed by atoms with E-state index >= 15 is 0 Å². The molecule has 2 aliphatic heterocycles. The largest absolute Gasteiger partial charge is 0.312 e. The summed E-state index contributed by atoms with van der Waals surface area (Å²) in [6, 6.07) is 5.07. The molecule has 0 unspecified atom stereocenters. The van der Waals surface area contributed by atoms with Gasteiger partial charge in [0, 0.05) is 20.0 Å². The molecule has 0 saturated carbocycles. The Morgan fingerprint density at radius 2 is 1.89 bits per heavy atom. The van der Waals surface area contributed by atoms with Gasteiger partial charge in [0.25, 0.3) is 11.8 Å². The van der Waals surface area contributed by atoms with Crippen LogP contribution in [0.3, 0.4) is 0 Å². The molecule has 0 bridgehead atoms. The SMILES string of the molecule is CN1C(=O)c2cccc(N3CCCC3=O)c2C1=O. The molecule has 0 aliphatic carbocycles. The van der Waals surface area contributed by atoms with Crippen molar-refractivity contribution in [3.8, 4) is 0 Å². The lowest BCUT2D eigenvalue weighted by atomic mass is 10.1. The van der Waals surface area contributed by atoms with Gasteiger partial charge < -0.3 is 4.90 Å². The highest BCUT2D eigenvalue weighted by atomic mass is 16.2. The number of fused-ring (bicyclic) bond motifs is 1. The number of benzene rings is 1. The zero-order valence-electron chi connectivity index (χ0n) is 9.97. The zero-order chi connectivity index (χ0) is 12.9. The van der Waals surface area contributed by atoms with Gasteiger partial charge in [-0.1, -0.05) is 6.07 Å². The van der Waals surface area contributed by atoms with E-state index in [1.165, 1.54) is 7.05 Å². The van der Waals surface area contributed by atoms with Gasteiger partial charge in [0.2, 0.25) is 5.91 Å². The first-order valence-corrected chi connectivity index (χ1v) is 5.87.